The average Bonchev–Trinajstić information content (AvgIpc) is 2.81. The molecule has 1 aromatic carbocycles. The number of carboxylic acids is 1. The zero-order chi connectivity index (χ0) is 14.1. The second-order valence-electron chi connectivity index (χ2n) is 5.01. The molecule has 1 atom stereocenters. The summed E-state index contributed by atoms with van der Waals surface area (Å²) in [5.41, 5.74) is 1.81. The van der Waals surface area contributed by atoms with Gasteiger partial charge in [-0.1, -0.05) is 24.3 Å². The molecule has 0 bridgehead atoms. The van der Waals surface area contributed by atoms with Gasteiger partial charge in [0.25, 0.3) is 0 Å². The molecule has 1 aliphatic heterocycles. The van der Waals surface area contributed by atoms with Crippen LogP contribution in [0.15, 0.2) is 36.5 Å². The number of aliphatic carboxylic acids is 1. The van der Waals surface area contributed by atoms with Crippen molar-refractivity contribution >= 4 is 22.8 Å². The normalized spacial score (nSPS) is 18.7. The topological polar surface area (TPSA) is 70.5 Å². The number of likely N-dealkylation sites (tertiary alicyclic amines) is 1. The third-order valence-corrected chi connectivity index (χ3v) is 3.64. The van der Waals surface area contributed by atoms with E-state index in [9.17, 15) is 9.59 Å². The lowest BCUT2D eigenvalue weighted by atomic mass is 10.1. The van der Waals surface area contributed by atoms with E-state index >= 15 is 0 Å². The highest BCUT2D eigenvalue weighted by molar-refractivity contribution is 5.87. The molecule has 2 heterocycles. The second-order valence-corrected chi connectivity index (χ2v) is 5.01. The monoisotopic (exact) mass is 270 g/mol. The smallest absolute Gasteiger partial charge is 0.308 e. The molecule has 2 aromatic rings. The molecule has 0 radical (unpaired) electrons. The lowest BCUT2D eigenvalue weighted by molar-refractivity contribution is -0.141. The molecule has 102 valence electrons. The lowest BCUT2D eigenvalue weighted by Gasteiger charge is -2.17. The summed E-state index contributed by atoms with van der Waals surface area (Å²) in [4.78, 5) is 28.8. The molecule has 1 N–H and O–H groups in total. The van der Waals surface area contributed by atoms with E-state index in [2.05, 4.69) is 4.98 Å². The van der Waals surface area contributed by atoms with E-state index < -0.39 is 11.9 Å². The number of aromatic nitrogens is 1. The Hall–Kier alpha value is -2.43. The molecule has 1 fully saturated rings. The van der Waals surface area contributed by atoms with E-state index in [1.54, 1.807) is 11.1 Å². The number of hydrogen-bond acceptors (Lipinski definition) is 3. The first-order valence-electron chi connectivity index (χ1n) is 6.48. The molecule has 1 aromatic heterocycles. The standard InChI is InChI=1S/C15H14N2O3/c18-13-7-12(15(19)20)9-17(13)8-11-4-1-3-10-5-2-6-16-14(10)11/h1-6,12H,7-9H2,(H,19,20). The van der Waals surface area contributed by atoms with Crippen LogP contribution in [0, 0.1) is 5.92 Å². The Kier molecular flexibility index (Phi) is 3.10. The van der Waals surface area contributed by atoms with Crippen molar-refractivity contribution < 1.29 is 14.7 Å². The number of pyridine rings is 1. The molecule has 5 heteroatoms. The van der Waals surface area contributed by atoms with Crippen molar-refractivity contribution in [2.75, 3.05) is 6.54 Å². The van der Waals surface area contributed by atoms with Crippen LogP contribution in [0.1, 0.15) is 12.0 Å². The van der Waals surface area contributed by atoms with E-state index in [1.165, 1.54) is 0 Å². The minimum atomic E-state index is -0.906. The molecular formula is C15H14N2O3. The van der Waals surface area contributed by atoms with Crippen molar-refractivity contribution in [3.8, 4) is 0 Å². The number of carboxylic acid groups (broad SMARTS) is 1. The van der Waals surface area contributed by atoms with Crippen LogP contribution in [0.5, 0.6) is 0 Å². The number of hydrogen-bond donors (Lipinski definition) is 1. The zero-order valence-corrected chi connectivity index (χ0v) is 10.8. The lowest BCUT2D eigenvalue weighted by Crippen LogP contribution is -2.25. The Morgan fingerprint density at radius 2 is 2.15 bits per heavy atom. The molecule has 3 rings (SSSR count). The van der Waals surface area contributed by atoms with Gasteiger partial charge in [0.05, 0.1) is 11.4 Å². The minimum Gasteiger partial charge on any atom is -0.481 e. The quantitative estimate of drug-likeness (QED) is 0.921. The number of carbonyl (C=O) groups is 2. The molecule has 0 spiro atoms. The summed E-state index contributed by atoms with van der Waals surface area (Å²) in [6.07, 6.45) is 1.81. The number of amides is 1. The van der Waals surface area contributed by atoms with Crippen LogP contribution in [0.3, 0.4) is 0 Å². The Morgan fingerprint density at radius 3 is 2.90 bits per heavy atom. The highest BCUT2D eigenvalue weighted by Crippen LogP contribution is 2.23. The van der Waals surface area contributed by atoms with Crippen LogP contribution in [0.2, 0.25) is 0 Å². The van der Waals surface area contributed by atoms with Gasteiger partial charge in [-0.15, -0.1) is 0 Å². The molecule has 20 heavy (non-hydrogen) atoms. The van der Waals surface area contributed by atoms with Gasteiger partial charge in [-0.3, -0.25) is 14.6 Å². The van der Waals surface area contributed by atoms with Gasteiger partial charge in [-0.05, 0) is 11.6 Å². The van der Waals surface area contributed by atoms with Crippen molar-refractivity contribution in [3.05, 3.63) is 42.1 Å². The van der Waals surface area contributed by atoms with Crippen molar-refractivity contribution in [2.45, 2.75) is 13.0 Å². The number of rotatable bonds is 3. The van der Waals surface area contributed by atoms with E-state index in [0.29, 0.717) is 6.54 Å². The van der Waals surface area contributed by atoms with Gasteiger partial charge in [-0.2, -0.15) is 0 Å². The summed E-state index contributed by atoms with van der Waals surface area (Å²) >= 11 is 0. The highest BCUT2D eigenvalue weighted by atomic mass is 16.4. The third kappa shape index (κ3) is 2.22. The van der Waals surface area contributed by atoms with E-state index in [0.717, 1.165) is 16.5 Å². The van der Waals surface area contributed by atoms with Gasteiger partial charge in [-0.25, -0.2) is 0 Å². The predicted molar refractivity (Wildman–Crippen MR) is 72.9 cm³/mol. The maximum Gasteiger partial charge on any atom is 0.308 e. The summed E-state index contributed by atoms with van der Waals surface area (Å²) in [6, 6.07) is 9.66. The Labute approximate surface area is 115 Å². The van der Waals surface area contributed by atoms with E-state index in [4.69, 9.17) is 5.11 Å². The molecule has 1 saturated heterocycles. The zero-order valence-electron chi connectivity index (χ0n) is 10.8. The average molecular weight is 270 g/mol. The van der Waals surface area contributed by atoms with Crippen molar-refractivity contribution in [1.82, 2.24) is 9.88 Å². The number of nitrogens with zero attached hydrogens (tertiary/aromatic N) is 2. The highest BCUT2D eigenvalue weighted by Gasteiger charge is 2.34. The van der Waals surface area contributed by atoms with Crippen LogP contribution >= 0.6 is 0 Å². The number of para-hydroxylation sites is 1. The SMILES string of the molecule is O=C(O)C1CC(=O)N(Cc2cccc3cccnc23)C1. The fourth-order valence-corrected chi connectivity index (χ4v) is 2.59. The molecule has 1 aliphatic rings. The van der Waals surface area contributed by atoms with Gasteiger partial charge < -0.3 is 10.0 Å². The number of carbonyl (C=O) groups excluding carboxylic acids is 1. The van der Waals surface area contributed by atoms with Crippen molar-refractivity contribution in [3.63, 3.8) is 0 Å². The Morgan fingerprint density at radius 1 is 1.35 bits per heavy atom. The maximum atomic E-state index is 11.9. The summed E-state index contributed by atoms with van der Waals surface area (Å²) < 4.78 is 0. The molecule has 1 unspecified atom stereocenters. The molecule has 1 amide bonds. The van der Waals surface area contributed by atoms with Gasteiger partial charge in [0.2, 0.25) is 5.91 Å². The molecule has 0 aliphatic carbocycles. The number of benzene rings is 1. The van der Waals surface area contributed by atoms with Gasteiger partial charge in [0.1, 0.15) is 0 Å². The Balaban J connectivity index is 1.87. The van der Waals surface area contributed by atoms with Crippen LogP contribution < -0.4 is 0 Å². The van der Waals surface area contributed by atoms with Crippen LogP contribution in [-0.2, 0) is 16.1 Å². The van der Waals surface area contributed by atoms with Gasteiger partial charge in [0.15, 0.2) is 0 Å². The Bertz CT molecular complexity index is 678. The fourth-order valence-electron chi connectivity index (χ4n) is 2.59. The first-order valence-corrected chi connectivity index (χ1v) is 6.48. The van der Waals surface area contributed by atoms with E-state index in [1.807, 2.05) is 30.3 Å². The predicted octanol–water partition coefficient (Wildman–Crippen LogP) is 1.67. The summed E-state index contributed by atoms with van der Waals surface area (Å²) in [6.45, 7) is 0.689. The van der Waals surface area contributed by atoms with Crippen molar-refractivity contribution in [1.29, 1.82) is 0 Å². The minimum absolute atomic E-state index is 0.0908. The third-order valence-electron chi connectivity index (χ3n) is 3.64. The first-order chi connectivity index (χ1) is 9.65. The molecule has 5 nitrogen and oxygen atoms in total. The van der Waals surface area contributed by atoms with E-state index in [-0.39, 0.29) is 18.9 Å². The van der Waals surface area contributed by atoms with Gasteiger partial charge in [0, 0.05) is 31.1 Å². The maximum absolute atomic E-state index is 11.9. The van der Waals surface area contributed by atoms with Crippen LogP contribution in [-0.4, -0.2) is 33.4 Å². The largest absolute Gasteiger partial charge is 0.481 e. The first kappa shape index (κ1) is 12.6. The summed E-state index contributed by atoms with van der Waals surface area (Å²) in [5.74, 6) is -1.60. The molecular weight excluding hydrogens is 256 g/mol. The second kappa shape index (κ2) is 4.92. The molecule has 0 saturated carbocycles. The summed E-state index contributed by atoms with van der Waals surface area (Å²) in [5, 5.41) is 10.0. The van der Waals surface area contributed by atoms with Crippen LogP contribution in [0.4, 0.5) is 0 Å². The van der Waals surface area contributed by atoms with Crippen LogP contribution in [0.25, 0.3) is 10.9 Å². The van der Waals surface area contributed by atoms with Crippen molar-refractivity contribution in [2.24, 2.45) is 5.92 Å². The number of fused-ring (bicyclic) bond motifs is 1. The fraction of sp³-hybridized carbons (Fsp3) is 0.267. The van der Waals surface area contributed by atoms with Gasteiger partial charge >= 0.3 is 5.97 Å². The summed E-state index contributed by atoms with van der Waals surface area (Å²) in [7, 11) is 0.